The minimum Gasteiger partial charge on any atom is -0.490 e. The summed E-state index contributed by atoms with van der Waals surface area (Å²) in [5.74, 6) is 1.28. The lowest BCUT2D eigenvalue weighted by atomic mass is 10.2. The van der Waals surface area contributed by atoms with Gasteiger partial charge in [0.15, 0.2) is 11.5 Å². The average Bonchev–Trinajstić information content (AvgIpc) is 2.51. The van der Waals surface area contributed by atoms with Crippen molar-refractivity contribution < 1.29 is 14.7 Å². The van der Waals surface area contributed by atoms with Gasteiger partial charge in [-0.25, -0.2) is 0 Å². The number of benzene rings is 2. The van der Waals surface area contributed by atoms with Gasteiger partial charge in [0.2, 0.25) is 0 Å². The molecular formula is C17H18BrNO3. The van der Waals surface area contributed by atoms with Gasteiger partial charge in [0, 0.05) is 12.0 Å². The topological polar surface area (TPSA) is 51.0 Å². The van der Waals surface area contributed by atoms with E-state index in [2.05, 4.69) is 33.2 Å². The molecule has 0 aromatic heterocycles. The third kappa shape index (κ3) is 4.49. The Bertz CT molecular complexity index is 629. The summed E-state index contributed by atoms with van der Waals surface area (Å²) in [5.41, 5.74) is 1.95. The van der Waals surface area contributed by atoms with E-state index < -0.39 is 0 Å². The number of oxime groups is 1. The van der Waals surface area contributed by atoms with Crippen molar-refractivity contribution in [3.05, 3.63) is 58.1 Å². The number of halogens is 1. The first-order valence-corrected chi connectivity index (χ1v) is 7.84. The summed E-state index contributed by atoms with van der Waals surface area (Å²) in [6.45, 7) is 2.99. The van der Waals surface area contributed by atoms with Crippen LogP contribution in [0, 0.1) is 0 Å². The highest BCUT2D eigenvalue weighted by Gasteiger charge is 2.12. The van der Waals surface area contributed by atoms with Crippen molar-refractivity contribution >= 4 is 22.1 Å². The van der Waals surface area contributed by atoms with E-state index in [0.29, 0.717) is 24.7 Å². The number of hydrogen-bond donors (Lipinski definition) is 1. The molecule has 2 aromatic carbocycles. The van der Waals surface area contributed by atoms with Gasteiger partial charge in [0.25, 0.3) is 0 Å². The molecule has 0 aliphatic rings. The van der Waals surface area contributed by atoms with E-state index in [1.807, 2.05) is 31.2 Å². The molecular weight excluding hydrogens is 346 g/mol. The first kappa shape index (κ1) is 16.4. The first-order valence-electron chi connectivity index (χ1n) is 7.05. The van der Waals surface area contributed by atoms with Crippen LogP contribution in [0.4, 0.5) is 0 Å². The van der Waals surface area contributed by atoms with Crippen LogP contribution in [0.2, 0.25) is 0 Å². The van der Waals surface area contributed by atoms with E-state index in [-0.39, 0.29) is 0 Å². The van der Waals surface area contributed by atoms with Gasteiger partial charge in [-0.2, -0.15) is 0 Å². The van der Waals surface area contributed by atoms with Crippen LogP contribution in [0.5, 0.6) is 11.5 Å². The van der Waals surface area contributed by atoms with Crippen molar-refractivity contribution in [2.24, 2.45) is 5.16 Å². The molecule has 0 spiro atoms. The molecule has 1 N–H and O–H groups in total. The minimum atomic E-state index is 0.529. The van der Waals surface area contributed by atoms with E-state index in [9.17, 15) is 0 Å². The van der Waals surface area contributed by atoms with Crippen molar-refractivity contribution in [3.8, 4) is 11.5 Å². The van der Waals surface area contributed by atoms with E-state index >= 15 is 0 Å². The molecule has 0 unspecified atom stereocenters. The lowest BCUT2D eigenvalue weighted by Crippen LogP contribution is -2.05. The lowest BCUT2D eigenvalue weighted by Gasteiger charge is -2.14. The van der Waals surface area contributed by atoms with Crippen LogP contribution >= 0.6 is 15.9 Å². The van der Waals surface area contributed by atoms with Gasteiger partial charge in [-0.1, -0.05) is 35.5 Å². The molecule has 22 heavy (non-hydrogen) atoms. The predicted octanol–water partition coefficient (Wildman–Crippen LogP) is 4.28. The average molecular weight is 364 g/mol. The Morgan fingerprint density at radius 3 is 2.64 bits per heavy atom. The smallest absolute Gasteiger partial charge is 0.175 e. The van der Waals surface area contributed by atoms with Crippen LogP contribution in [0.1, 0.15) is 18.1 Å². The van der Waals surface area contributed by atoms with Gasteiger partial charge in [0.1, 0.15) is 0 Å². The molecule has 0 aliphatic heterocycles. The monoisotopic (exact) mass is 363 g/mol. The van der Waals surface area contributed by atoms with E-state index in [4.69, 9.17) is 14.7 Å². The lowest BCUT2D eigenvalue weighted by molar-refractivity contribution is 0.277. The van der Waals surface area contributed by atoms with E-state index in [1.165, 1.54) is 11.8 Å². The van der Waals surface area contributed by atoms with Gasteiger partial charge >= 0.3 is 0 Å². The highest BCUT2D eigenvalue weighted by atomic mass is 79.9. The van der Waals surface area contributed by atoms with Crippen molar-refractivity contribution in [2.75, 3.05) is 13.2 Å². The van der Waals surface area contributed by atoms with Crippen molar-refractivity contribution in [1.29, 1.82) is 0 Å². The first-order chi connectivity index (χ1) is 10.7. The van der Waals surface area contributed by atoms with Crippen molar-refractivity contribution in [2.45, 2.75) is 13.3 Å². The fraction of sp³-hybridized carbons (Fsp3) is 0.235. The summed E-state index contributed by atoms with van der Waals surface area (Å²) >= 11 is 3.48. The number of ether oxygens (including phenoxy) is 2. The molecule has 5 heteroatoms. The second-order valence-electron chi connectivity index (χ2n) is 4.59. The molecule has 0 saturated heterocycles. The molecule has 116 valence electrons. The summed E-state index contributed by atoms with van der Waals surface area (Å²) in [5, 5.41) is 11.7. The highest BCUT2D eigenvalue weighted by Crippen LogP contribution is 2.36. The standard InChI is InChI=1S/C17H18BrNO3/c1-2-21-16-11-14(12-19-20)10-15(18)17(16)22-9-8-13-6-4-3-5-7-13/h3-7,10-12,20H,2,8-9H2,1H3. The Balaban J connectivity index is 2.11. The van der Waals surface area contributed by atoms with Gasteiger partial charge in [-0.3, -0.25) is 0 Å². The third-order valence-corrected chi connectivity index (χ3v) is 3.61. The summed E-state index contributed by atoms with van der Waals surface area (Å²) in [7, 11) is 0. The fourth-order valence-electron chi connectivity index (χ4n) is 2.05. The van der Waals surface area contributed by atoms with Gasteiger partial charge in [-0.05, 0) is 40.5 Å². The molecule has 0 saturated carbocycles. The Morgan fingerprint density at radius 2 is 1.95 bits per heavy atom. The number of rotatable bonds is 7. The molecule has 0 radical (unpaired) electrons. The molecule has 0 atom stereocenters. The maximum atomic E-state index is 8.65. The largest absolute Gasteiger partial charge is 0.490 e. The normalized spacial score (nSPS) is 10.8. The summed E-state index contributed by atoms with van der Waals surface area (Å²) < 4.78 is 12.3. The van der Waals surface area contributed by atoms with Gasteiger partial charge in [0.05, 0.1) is 23.9 Å². The Labute approximate surface area is 138 Å². The van der Waals surface area contributed by atoms with Crippen molar-refractivity contribution in [3.63, 3.8) is 0 Å². The molecule has 0 aliphatic carbocycles. The second-order valence-corrected chi connectivity index (χ2v) is 5.45. The SMILES string of the molecule is CCOc1cc(C=NO)cc(Br)c1OCCc1ccccc1. The molecule has 0 bridgehead atoms. The maximum Gasteiger partial charge on any atom is 0.175 e. The molecule has 2 rings (SSSR count). The van der Waals surface area contributed by atoms with Crippen LogP contribution in [0.25, 0.3) is 0 Å². The minimum absolute atomic E-state index is 0.529. The molecule has 4 nitrogen and oxygen atoms in total. The summed E-state index contributed by atoms with van der Waals surface area (Å²) in [6.07, 6.45) is 2.17. The third-order valence-electron chi connectivity index (χ3n) is 3.02. The zero-order valence-electron chi connectivity index (χ0n) is 12.3. The van der Waals surface area contributed by atoms with Crippen LogP contribution in [0.15, 0.2) is 52.1 Å². The Morgan fingerprint density at radius 1 is 1.18 bits per heavy atom. The number of nitrogens with zero attached hydrogens (tertiary/aromatic N) is 1. The van der Waals surface area contributed by atoms with Crippen LogP contribution in [-0.4, -0.2) is 24.6 Å². The molecule has 2 aromatic rings. The fourth-order valence-corrected chi connectivity index (χ4v) is 2.62. The van der Waals surface area contributed by atoms with E-state index in [0.717, 1.165) is 16.5 Å². The number of hydrogen-bond acceptors (Lipinski definition) is 4. The zero-order chi connectivity index (χ0) is 15.8. The Kier molecular flexibility index (Phi) is 6.27. The Hall–Kier alpha value is -2.01. The van der Waals surface area contributed by atoms with Gasteiger partial charge in [-0.15, -0.1) is 0 Å². The van der Waals surface area contributed by atoms with E-state index in [1.54, 1.807) is 6.07 Å². The van der Waals surface area contributed by atoms with Crippen LogP contribution < -0.4 is 9.47 Å². The summed E-state index contributed by atoms with van der Waals surface area (Å²) in [6, 6.07) is 13.8. The van der Waals surface area contributed by atoms with Crippen molar-refractivity contribution in [1.82, 2.24) is 0 Å². The molecule has 0 fully saturated rings. The van der Waals surface area contributed by atoms with Gasteiger partial charge < -0.3 is 14.7 Å². The maximum absolute atomic E-state index is 8.65. The zero-order valence-corrected chi connectivity index (χ0v) is 13.9. The molecule has 0 amide bonds. The second kappa shape index (κ2) is 8.44. The van der Waals surface area contributed by atoms with Crippen LogP contribution in [-0.2, 0) is 6.42 Å². The quantitative estimate of drug-likeness (QED) is 0.453. The molecule has 0 heterocycles. The highest BCUT2D eigenvalue weighted by molar-refractivity contribution is 9.10. The van der Waals surface area contributed by atoms with Crippen LogP contribution in [0.3, 0.4) is 0 Å². The predicted molar refractivity (Wildman–Crippen MR) is 90.3 cm³/mol. The summed E-state index contributed by atoms with van der Waals surface area (Å²) in [4.78, 5) is 0.